The van der Waals surface area contributed by atoms with Crippen LogP contribution in [0.2, 0.25) is 0 Å². The van der Waals surface area contributed by atoms with Crippen LogP contribution in [-0.2, 0) is 11.0 Å². The SMILES string of the molecule is O=C(CCCC(=O)c1ccccc1)Nc1cc(C(F)(F)F)ccc1N1CCCC1. The van der Waals surface area contributed by atoms with E-state index in [9.17, 15) is 22.8 Å². The van der Waals surface area contributed by atoms with Crippen molar-refractivity contribution < 1.29 is 22.8 Å². The average molecular weight is 404 g/mol. The van der Waals surface area contributed by atoms with E-state index in [4.69, 9.17) is 0 Å². The number of halogens is 3. The molecule has 1 aliphatic heterocycles. The Morgan fingerprint density at radius 2 is 1.66 bits per heavy atom. The second-order valence-corrected chi connectivity index (χ2v) is 7.11. The van der Waals surface area contributed by atoms with Crippen LogP contribution in [0.15, 0.2) is 48.5 Å². The van der Waals surface area contributed by atoms with Crippen LogP contribution in [0.3, 0.4) is 0 Å². The monoisotopic (exact) mass is 404 g/mol. The Morgan fingerprint density at radius 3 is 2.31 bits per heavy atom. The standard InChI is InChI=1S/C22H23F3N2O2/c23-22(24,25)17-11-12-19(27-13-4-5-14-27)18(15-17)26-21(29)10-6-9-20(28)16-7-2-1-3-8-16/h1-3,7-8,11-12,15H,4-6,9-10,13-14H2,(H,26,29). The number of ketones is 1. The molecule has 4 nitrogen and oxygen atoms in total. The number of hydrogen-bond donors (Lipinski definition) is 1. The van der Waals surface area contributed by atoms with Gasteiger partial charge in [-0.3, -0.25) is 9.59 Å². The topological polar surface area (TPSA) is 49.4 Å². The molecule has 1 aliphatic rings. The second kappa shape index (κ2) is 9.11. The van der Waals surface area contributed by atoms with Gasteiger partial charge in [-0.1, -0.05) is 30.3 Å². The van der Waals surface area contributed by atoms with Gasteiger partial charge in [0, 0.05) is 31.5 Å². The molecule has 29 heavy (non-hydrogen) atoms. The van der Waals surface area contributed by atoms with E-state index in [0.29, 0.717) is 17.7 Å². The molecule has 1 heterocycles. The highest BCUT2D eigenvalue weighted by Gasteiger charge is 2.32. The van der Waals surface area contributed by atoms with Crippen molar-refractivity contribution >= 4 is 23.1 Å². The van der Waals surface area contributed by atoms with Gasteiger partial charge in [-0.05, 0) is 37.5 Å². The van der Waals surface area contributed by atoms with Gasteiger partial charge in [0.1, 0.15) is 0 Å². The smallest absolute Gasteiger partial charge is 0.370 e. The fourth-order valence-electron chi connectivity index (χ4n) is 3.44. The number of carbonyl (C=O) groups excluding carboxylic acids is 2. The fourth-order valence-corrected chi connectivity index (χ4v) is 3.44. The number of alkyl halides is 3. The van der Waals surface area contributed by atoms with Crippen LogP contribution in [0.5, 0.6) is 0 Å². The Bertz CT molecular complexity index is 860. The summed E-state index contributed by atoms with van der Waals surface area (Å²) in [5.41, 5.74) is 0.558. The van der Waals surface area contributed by atoms with Crippen molar-refractivity contribution in [2.24, 2.45) is 0 Å². The van der Waals surface area contributed by atoms with Crippen molar-refractivity contribution in [3.63, 3.8) is 0 Å². The largest absolute Gasteiger partial charge is 0.416 e. The first-order valence-electron chi connectivity index (χ1n) is 9.69. The molecule has 1 N–H and O–H groups in total. The van der Waals surface area contributed by atoms with Crippen molar-refractivity contribution in [3.05, 3.63) is 59.7 Å². The molecule has 0 aliphatic carbocycles. The van der Waals surface area contributed by atoms with Gasteiger partial charge < -0.3 is 10.2 Å². The van der Waals surface area contributed by atoms with Crippen LogP contribution in [0, 0.1) is 0 Å². The summed E-state index contributed by atoms with van der Waals surface area (Å²) in [5.74, 6) is -0.458. The molecule has 0 unspecified atom stereocenters. The fraction of sp³-hybridized carbons (Fsp3) is 0.364. The molecule has 0 spiro atoms. The first-order chi connectivity index (χ1) is 13.8. The Kier molecular flexibility index (Phi) is 6.56. The van der Waals surface area contributed by atoms with E-state index in [2.05, 4.69) is 5.32 Å². The molecule has 0 saturated carbocycles. The molecular formula is C22H23F3N2O2. The molecule has 0 radical (unpaired) electrons. The quantitative estimate of drug-likeness (QED) is 0.638. The number of amides is 1. The highest BCUT2D eigenvalue weighted by atomic mass is 19.4. The summed E-state index contributed by atoms with van der Waals surface area (Å²) < 4.78 is 39.3. The lowest BCUT2D eigenvalue weighted by Gasteiger charge is -2.23. The zero-order valence-corrected chi connectivity index (χ0v) is 16.0. The molecule has 1 fully saturated rings. The van der Waals surface area contributed by atoms with Gasteiger partial charge in [0.15, 0.2) is 5.78 Å². The van der Waals surface area contributed by atoms with E-state index in [1.807, 2.05) is 11.0 Å². The highest BCUT2D eigenvalue weighted by molar-refractivity contribution is 5.97. The molecule has 2 aromatic carbocycles. The summed E-state index contributed by atoms with van der Waals surface area (Å²) >= 11 is 0. The Morgan fingerprint density at radius 1 is 0.966 bits per heavy atom. The maximum absolute atomic E-state index is 13.1. The van der Waals surface area contributed by atoms with E-state index in [0.717, 1.165) is 38.1 Å². The third kappa shape index (κ3) is 5.59. The maximum atomic E-state index is 13.1. The minimum Gasteiger partial charge on any atom is -0.370 e. The van der Waals surface area contributed by atoms with Gasteiger partial charge in [0.2, 0.25) is 5.91 Å². The van der Waals surface area contributed by atoms with Crippen molar-refractivity contribution in [1.82, 2.24) is 0 Å². The first kappa shape index (κ1) is 20.9. The Hall–Kier alpha value is -2.83. The normalized spacial score (nSPS) is 14.1. The lowest BCUT2D eigenvalue weighted by Crippen LogP contribution is -2.22. The Balaban J connectivity index is 1.64. The van der Waals surface area contributed by atoms with Gasteiger partial charge >= 0.3 is 6.18 Å². The van der Waals surface area contributed by atoms with Crippen LogP contribution in [0.25, 0.3) is 0 Å². The van der Waals surface area contributed by atoms with Gasteiger partial charge in [-0.25, -0.2) is 0 Å². The van der Waals surface area contributed by atoms with Gasteiger partial charge in [0.25, 0.3) is 0 Å². The summed E-state index contributed by atoms with van der Waals surface area (Å²) in [5, 5.41) is 2.62. The highest BCUT2D eigenvalue weighted by Crippen LogP contribution is 2.36. The van der Waals surface area contributed by atoms with Crippen molar-refractivity contribution in [1.29, 1.82) is 0 Å². The number of rotatable bonds is 7. The summed E-state index contributed by atoms with van der Waals surface area (Å²) in [7, 11) is 0. The van der Waals surface area contributed by atoms with Crippen LogP contribution >= 0.6 is 0 Å². The molecule has 0 atom stereocenters. The zero-order valence-electron chi connectivity index (χ0n) is 16.0. The molecule has 0 aromatic heterocycles. The molecule has 0 bridgehead atoms. The third-order valence-corrected chi connectivity index (χ3v) is 4.95. The van der Waals surface area contributed by atoms with E-state index in [-0.39, 0.29) is 24.3 Å². The number of nitrogens with zero attached hydrogens (tertiary/aromatic N) is 1. The number of benzene rings is 2. The zero-order chi connectivity index (χ0) is 20.9. The summed E-state index contributed by atoms with van der Waals surface area (Å²) in [4.78, 5) is 26.4. The third-order valence-electron chi connectivity index (χ3n) is 4.95. The number of carbonyl (C=O) groups is 2. The summed E-state index contributed by atoms with van der Waals surface area (Å²) in [6.45, 7) is 1.50. The summed E-state index contributed by atoms with van der Waals surface area (Å²) in [6.07, 6.45) is -1.94. The summed E-state index contributed by atoms with van der Waals surface area (Å²) in [6, 6.07) is 12.2. The number of anilines is 2. The van der Waals surface area contributed by atoms with Crippen LogP contribution in [-0.4, -0.2) is 24.8 Å². The van der Waals surface area contributed by atoms with Gasteiger partial charge in [-0.15, -0.1) is 0 Å². The number of hydrogen-bond acceptors (Lipinski definition) is 3. The van der Waals surface area contributed by atoms with Crippen LogP contribution < -0.4 is 10.2 Å². The van der Waals surface area contributed by atoms with E-state index in [1.54, 1.807) is 24.3 Å². The van der Waals surface area contributed by atoms with Crippen molar-refractivity contribution in [3.8, 4) is 0 Å². The van der Waals surface area contributed by atoms with Crippen molar-refractivity contribution in [2.75, 3.05) is 23.3 Å². The molecule has 1 saturated heterocycles. The van der Waals surface area contributed by atoms with Crippen LogP contribution in [0.1, 0.15) is 48.0 Å². The molecule has 1 amide bonds. The van der Waals surface area contributed by atoms with Crippen molar-refractivity contribution in [2.45, 2.75) is 38.3 Å². The lowest BCUT2D eigenvalue weighted by atomic mass is 10.1. The predicted molar refractivity (Wildman–Crippen MR) is 106 cm³/mol. The van der Waals surface area contributed by atoms with Gasteiger partial charge in [0.05, 0.1) is 16.9 Å². The molecular weight excluding hydrogens is 381 g/mol. The van der Waals surface area contributed by atoms with E-state index in [1.165, 1.54) is 6.07 Å². The minimum atomic E-state index is -4.48. The van der Waals surface area contributed by atoms with Gasteiger partial charge in [-0.2, -0.15) is 13.2 Å². The molecule has 154 valence electrons. The lowest BCUT2D eigenvalue weighted by molar-refractivity contribution is -0.137. The molecule has 3 rings (SSSR count). The van der Waals surface area contributed by atoms with E-state index >= 15 is 0 Å². The molecule has 7 heteroatoms. The van der Waals surface area contributed by atoms with E-state index < -0.39 is 17.6 Å². The maximum Gasteiger partial charge on any atom is 0.416 e. The molecule has 2 aromatic rings. The minimum absolute atomic E-state index is 0.0600. The Labute approximate surface area is 167 Å². The second-order valence-electron chi connectivity index (χ2n) is 7.11. The number of nitrogens with one attached hydrogen (secondary N) is 1. The number of Topliss-reactive ketones (excluding diaryl/α,β-unsaturated/α-hetero) is 1. The average Bonchev–Trinajstić information content (AvgIpc) is 3.22. The predicted octanol–water partition coefficient (Wildman–Crippen LogP) is 5.30. The van der Waals surface area contributed by atoms with Crippen LogP contribution in [0.4, 0.5) is 24.5 Å². The first-order valence-corrected chi connectivity index (χ1v) is 9.69.